The Morgan fingerprint density at radius 2 is 2.14 bits per heavy atom. The van der Waals surface area contributed by atoms with Gasteiger partial charge >= 0.3 is 6.09 Å². The summed E-state index contributed by atoms with van der Waals surface area (Å²) in [6.45, 7) is 6.50. The zero-order chi connectivity index (χ0) is 15.2. The van der Waals surface area contributed by atoms with Crippen molar-refractivity contribution in [3.63, 3.8) is 0 Å². The quantitative estimate of drug-likeness (QED) is 0.750. The molecule has 5 nitrogen and oxygen atoms in total. The van der Waals surface area contributed by atoms with Crippen molar-refractivity contribution < 1.29 is 13.9 Å². The van der Waals surface area contributed by atoms with Crippen molar-refractivity contribution in [3.05, 3.63) is 35.4 Å². The fourth-order valence-corrected chi connectivity index (χ4v) is 2.51. The van der Waals surface area contributed by atoms with Crippen molar-refractivity contribution >= 4 is 11.6 Å². The van der Waals surface area contributed by atoms with Gasteiger partial charge in [-0.2, -0.15) is 5.10 Å². The number of carbonyl (C=O) groups is 1. The minimum atomic E-state index is -0.514. The molecule has 0 saturated carbocycles. The number of amides is 1. The molecule has 2 aromatic heterocycles. The highest BCUT2D eigenvalue weighted by Gasteiger charge is 2.28. The first-order valence-electron chi connectivity index (χ1n) is 6.97. The molecule has 6 heteroatoms. The summed E-state index contributed by atoms with van der Waals surface area (Å²) in [6.07, 6.45) is 1.71. The van der Waals surface area contributed by atoms with Gasteiger partial charge in [0.1, 0.15) is 11.4 Å². The number of hydrogen-bond acceptors (Lipinski definition) is 3. The molecule has 0 N–H and O–H groups in total. The molecule has 0 fully saturated rings. The second-order valence-corrected chi connectivity index (χ2v) is 6.25. The summed E-state index contributed by atoms with van der Waals surface area (Å²) in [5, 5.41) is 4.37. The number of aromatic nitrogens is 2. The van der Waals surface area contributed by atoms with Gasteiger partial charge in [-0.25, -0.2) is 13.7 Å². The van der Waals surface area contributed by atoms with Gasteiger partial charge in [0.15, 0.2) is 0 Å². The lowest BCUT2D eigenvalue weighted by Gasteiger charge is -2.29. The fourth-order valence-electron chi connectivity index (χ4n) is 2.51. The molecule has 3 rings (SSSR count). The van der Waals surface area contributed by atoms with E-state index in [2.05, 4.69) is 5.10 Å². The molecule has 2 aromatic rings. The average molecular weight is 291 g/mol. The van der Waals surface area contributed by atoms with Crippen molar-refractivity contribution in [1.82, 2.24) is 14.5 Å². The van der Waals surface area contributed by atoms with Crippen LogP contribution in [0.2, 0.25) is 0 Å². The Morgan fingerprint density at radius 3 is 2.86 bits per heavy atom. The van der Waals surface area contributed by atoms with Crippen LogP contribution in [0.4, 0.5) is 9.18 Å². The van der Waals surface area contributed by atoms with Crippen LogP contribution < -0.4 is 0 Å². The Labute approximate surface area is 122 Å². The van der Waals surface area contributed by atoms with E-state index >= 15 is 0 Å². The van der Waals surface area contributed by atoms with E-state index < -0.39 is 5.60 Å². The van der Waals surface area contributed by atoms with E-state index in [9.17, 15) is 9.18 Å². The van der Waals surface area contributed by atoms with Gasteiger partial charge in [-0.3, -0.25) is 0 Å². The largest absolute Gasteiger partial charge is 0.444 e. The van der Waals surface area contributed by atoms with Gasteiger partial charge in [0, 0.05) is 12.1 Å². The van der Waals surface area contributed by atoms with Crippen LogP contribution in [0.3, 0.4) is 0 Å². The lowest BCUT2D eigenvalue weighted by Crippen LogP contribution is -2.39. The van der Waals surface area contributed by atoms with Crippen LogP contribution in [0, 0.1) is 5.82 Å². The van der Waals surface area contributed by atoms with Crippen molar-refractivity contribution in [2.45, 2.75) is 39.3 Å². The molecule has 0 atom stereocenters. The molecule has 1 aliphatic rings. The predicted octanol–water partition coefficient (Wildman–Crippen LogP) is 2.77. The molecule has 0 spiro atoms. The third-order valence-corrected chi connectivity index (χ3v) is 3.40. The van der Waals surface area contributed by atoms with Gasteiger partial charge in [-0.1, -0.05) is 0 Å². The maximum atomic E-state index is 13.2. The Hall–Kier alpha value is -2.11. The summed E-state index contributed by atoms with van der Waals surface area (Å²) < 4.78 is 20.2. The maximum Gasteiger partial charge on any atom is 0.410 e. The molecule has 0 radical (unpaired) electrons. The van der Waals surface area contributed by atoms with E-state index in [1.165, 1.54) is 12.3 Å². The van der Waals surface area contributed by atoms with Crippen LogP contribution in [-0.2, 0) is 17.7 Å². The number of pyridine rings is 1. The van der Waals surface area contributed by atoms with Crippen molar-refractivity contribution in [2.75, 3.05) is 6.54 Å². The average Bonchev–Trinajstić information content (AvgIpc) is 2.72. The Kier molecular flexibility index (Phi) is 3.11. The first-order valence-corrected chi connectivity index (χ1v) is 6.97. The van der Waals surface area contributed by atoms with E-state index in [1.54, 1.807) is 15.5 Å². The van der Waals surface area contributed by atoms with Gasteiger partial charge < -0.3 is 9.64 Å². The Bertz CT molecular complexity index is 703. The molecular formula is C15H18FN3O2. The predicted molar refractivity (Wildman–Crippen MR) is 75.5 cm³/mol. The number of hydrogen-bond donors (Lipinski definition) is 0. The van der Waals surface area contributed by atoms with Crippen LogP contribution >= 0.6 is 0 Å². The second kappa shape index (κ2) is 4.72. The molecule has 0 aromatic carbocycles. The number of ether oxygens (including phenoxy) is 1. The highest BCUT2D eigenvalue weighted by Crippen LogP contribution is 2.24. The summed E-state index contributed by atoms with van der Waals surface area (Å²) in [7, 11) is 0. The maximum absolute atomic E-state index is 13.2. The van der Waals surface area contributed by atoms with Crippen molar-refractivity contribution in [3.8, 4) is 0 Å². The lowest BCUT2D eigenvalue weighted by molar-refractivity contribution is 0.0221. The first-order chi connectivity index (χ1) is 9.83. The second-order valence-electron chi connectivity index (χ2n) is 6.25. The molecule has 0 bridgehead atoms. The summed E-state index contributed by atoms with van der Waals surface area (Å²) in [5.41, 5.74) is 2.27. The highest BCUT2D eigenvalue weighted by atomic mass is 19.1. The van der Waals surface area contributed by atoms with Gasteiger partial charge in [0.25, 0.3) is 0 Å². The SMILES string of the molecule is CC(C)(C)OC(=O)N1CCc2c(nn3cc(F)ccc23)C1. The van der Waals surface area contributed by atoms with Crippen LogP contribution in [0.25, 0.3) is 5.52 Å². The van der Waals surface area contributed by atoms with Crippen LogP contribution in [0.15, 0.2) is 18.3 Å². The normalized spacial score (nSPS) is 15.1. The minimum absolute atomic E-state index is 0.327. The van der Waals surface area contributed by atoms with E-state index in [4.69, 9.17) is 4.74 Å². The van der Waals surface area contributed by atoms with Gasteiger partial charge in [-0.05, 0) is 39.3 Å². The number of nitrogens with zero attached hydrogens (tertiary/aromatic N) is 3. The van der Waals surface area contributed by atoms with Crippen molar-refractivity contribution in [1.29, 1.82) is 0 Å². The van der Waals surface area contributed by atoms with Crippen LogP contribution in [0.5, 0.6) is 0 Å². The molecule has 112 valence electrons. The third kappa shape index (κ3) is 2.70. The van der Waals surface area contributed by atoms with E-state index in [1.807, 2.05) is 20.8 Å². The zero-order valence-electron chi connectivity index (χ0n) is 12.4. The van der Waals surface area contributed by atoms with E-state index in [0.717, 1.165) is 16.8 Å². The number of rotatable bonds is 0. The fraction of sp³-hybridized carbons (Fsp3) is 0.467. The highest BCUT2D eigenvalue weighted by molar-refractivity contribution is 5.69. The molecule has 0 unspecified atom stereocenters. The molecule has 1 aliphatic heterocycles. The topological polar surface area (TPSA) is 46.8 Å². The van der Waals surface area contributed by atoms with Gasteiger partial charge in [0.2, 0.25) is 0 Å². The molecule has 3 heterocycles. The monoisotopic (exact) mass is 291 g/mol. The van der Waals surface area contributed by atoms with Gasteiger partial charge in [0.05, 0.1) is 24.0 Å². The third-order valence-electron chi connectivity index (χ3n) is 3.40. The smallest absolute Gasteiger partial charge is 0.410 e. The first kappa shape index (κ1) is 13.9. The summed E-state index contributed by atoms with van der Waals surface area (Å²) >= 11 is 0. The summed E-state index contributed by atoms with van der Waals surface area (Å²) in [6, 6.07) is 3.15. The van der Waals surface area contributed by atoms with E-state index in [-0.39, 0.29) is 11.9 Å². The van der Waals surface area contributed by atoms with Crippen molar-refractivity contribution in [2.24, 2.45) is 0 Å². The molecule has 1 amide bonds. The summed E-state index contributed by atoms with van der Waals surface area (Å²) in [5.74, 6) is -0.327. The Morgan fingerprint density at radius 1 is 1.38 bits per heavy atom. The van der Waals surface area contributed by atoms with Crippen LogP contribution in [-0.4, -0.2) is 32.8 Å². The molecule has 0 aliphatic carbocycles. The lowest BCUT2D eigenvalue weighted by atomic mass is 10.1. The van der Waals surface area contributed by atoms with E-state index in [0.29, 0.717) is 19.5 Å². The molecule has 21 heavy (non-hydrogen) atoms. The number of halogens is 1. The van der Waals surface area contributed by atoms with Gasteiger partial charge in [-0.15, -0.1) is 0 Å². The number of fused-ring (bicyclic) bond motifs is 3. The minimum Gasteiger partial charge on any atom is -0.444 e. The number of carbonyl (C=O) groups excluding carboxylic acids is 1. The van der Waals surface area contributed by atoms with Crippen LogP contribution in [0.1, 0.15) is 32.0 Å². The Balaban J connectivity index is 1.86. The standard InChI is InChI=1S/C15H18FN3O2/c1-15(2,3)21-14(20)18-7-6-11-12(9-18)17-19-8-10(16)4-5-13(11)19/h4-5,8H,6-7,9H2,1-3H3. The molecule has 0 saturated heterocycles. The summed E-state index contributed by atoms with van der Waals surface area (Å²) in [4.78, 5) is 13.7. The zero-order valence-corrected chi connectivity index (χ0v) is 12.4. The molecular weight excluding hydrogens is 273 g/mol.